The van der Waals surface area contributed by atoms with E-state index in [2.05, 4.69) is 9.69 Å². The highest BCUT2D eigenvalue weighted by Crippen LogP contribution is 2.22. The van der Waals surface area contributed by atoms with Crippen molar-refractivity contribution in [3.05, 3.63) is 11.3 Å². The molecule has 1 atom stereocenters. The van der Waals surface area contributed by atoms with E-state index in [4.69, 9.17) is 10.5 Å². The minimum Gasteiger partial charge on any atom is -0.449 e. The first-order chi connectivity index (χ1) is 9.49. The fourth-order valence-electron chi connectivity index (χ4n) is 2.30. The summed E-state index contributed by atoms with van der Waals surface area (Å²) in [6.07, 6.45) is 3.42. The Kier molecular flexibility index (Phi) is 4.59. The van der Waals surface area contributed by atoms with E-state index < -0.39 is 12.1 Å². The lowest BCUT2D eigenvalue weighted by atomic mass is 10.2. The van der Waals surface area contributed by atoms with Gasteiger partial charge in [0.25, 0.3) is 5.91 Å². The molecule has 0 aromatic carbocycles. The summed E-state index contributed by atoms with van der Waals surface area (Å²) in [6.45, 7) is 3.25. The van der Waals surface area contributed by atoms with Gasteiger partial charge in [0.1, 0.15) is 10.6 Å². The topological polar surface area (TPSA) is 94.3 Å². The molecular formula is C13H19N3O3S. The zero-order valence-corrected chi connectivity index (χ0v) is 12.5. The zero-order valence-electron chi connectivity index (χ0n) is 11.6. The van der Waals surface area contributed by atoms with Crippen LogP contribution in [0.2, 0.25) is 0 Å². The van der Waals surface area contributed by atoms with Crippen molar-refractivity contribution in [1.82, 2.24) is 9.69 Å². The standard InChI is InChI=1S/C13H19N3O3S/c1-7-10(11(14)20-16-7)13(18)19-8(2)12(17)15-9-5-3-4-6-9/h8-9H,3-6,14H2,1-2H3,(H,15,17)/t8-/m0/s1. The maximum atomic E-state index is 12.0. The van der Waals surface area contributed by atoms with Crippen LogP contribution in [-0.4, -0.2) is 28.4 Å². The molecule has 3 N–H and O–H groups in total. The Bertz CT molecular complexity index is 489. The minimum absolute atomic E-state index is 0.207. The van der Waals surface area contributed by atoms with Crippen molar-refractivity contribution in [2.45, 2.75) is 51.7 Å². The minimum atomic E-state index is -0.832. The lowest BCUT2D eigenvalue weighted by Gasteiger charge is -2.17. The number of hydrogen-bond acceptors (Lipinski definition) is 6. The predicted octanol–water partition coefficient (Wildman–Crippen LogP) is 1.64. The molecule has 1 saturated carbocycles. The van der Waals surface area contributed by atoms with Crippen molar-refractivity contribution in [3.8, 4) is 0 Å². The lowest BCUT2D eigenvalue weighted by molar-refractivity contribution is -0.129. The van der Waals surface area contributed by atoms with Gasteiger partial charge >= 0.3 is 5.97 Å². The van der Waals surface area contributed by atoms with Gasteiger partial charge in [0.05, 0.1) is 5.69 Å². The number of esters is 1. The Morgan fingerprint density at radius 1 is 1.45 bits per heavy atom. The smallest absolute Gasteiger partial charge is 0.343 e. The third kappa shape index (κ3) is 3.27. The number of anilines is 1. The summed E-state index contributed by atoms with van der Waals surface area (Å²) >= 11 is 1.05. The van der Waals surface area contributed by atoms with E-state index in [-0.39, 0.29) is 17.5 Å². The van der Waals surface area contributed by atoms with Crippen LogP contribution in [0.15, 0.2) is 0 Å². The van der Waals surface area contributed by atoms with Gasteiger partial charge in [-0.15, -0.1) is 0 Å². The molecule has 6 nitrogen and oxygen atoms in total. The highest BCUT2D eigenvalue weighted by Gasteiger charge is 2.25. The second-order valence-corrected chi connectivity index (χ2v) is 5.85. The number of rotatable bonds is 4. The fraction of sp³-hybridized carbons (Fsp3) is 0.615. The molecule has 1 amide bonds. The van der Waals surface area contributed by atoms with Gasteiger partial charge < -0.3 is 15.8 Å². The number of amides is 1. The van der Waals surface area contributed by atoms with Crippen molar-refractivity contribution in [2.75, 3.05) is 5.73 Å². The van der Waals surface area contributed by atoms with E-state index in [0.29, 0.717) is 10.7 Å². The SMILES string of the molecule is Cc1nsc(N)c1C(=O)O[C@@H](C)C(=O)NC1CCCC1. The van der Waals surface area contributed by atoms with E-state index in [1.165, 1.54) is 0 Å². The number of carbonyl (C=O) groups is 2. The van der Waals surface area contributed by atoms with Crippen LogP contribution in [-0.2, 0) is 9.53 Å². The molecule has 0 aliphatic heterocycles. The van der Waals surface area contributed by atoms with Gasteiger partial charge in [-0.05, 0) is 38.2 Å². The Morgan fingerprint density at radius 3 is 2.65 bits per heavy atom. The summed E-state index contributed by atoms with van der Waals surface area (Å²) in [5, 5.41) is 3.21. The molecule has 0 spiro atoms. The normalized spacial score (nSPS) is 16.9. The van der Waals surface area contributed by atoms with Gasteiger partial charge in [-0.2, -0.15) is 4.37 Å². The molecule has 0 radical (unpaired) electrons. The second-order valence-electron chi connectivity index (χ2n) is 5.04. The molecule has 0 unspecified atom stereocenters. The largest absolute Gasteiger partial charge is 0.449 e. The lowest BCUT2D eigenvalue weighted by Crippen LogP contribution is -2.40. The number of aryl methyl sites for hydroxylation is 1. The fourth-order valence-corrected chi connectivity index (χ4v) is 2.95. The summed E-state index contributed by atoms with van der Waals surface area (Å²) in [4.78, 5) is 23.9. The van der Waals surface area contributed by atoms with Crippen LogP contribution >= 0.6 is 11.5 Å². The molecule has 7 heteroatoms. The summed E-state index contributed by atoms with van der Waals surface area (Å²) in [5.74, 6) is -0.854. The zero-order chi connectivity index (χ0) is 14.7. The summed E-state index contributed by atoms with van der Waals surface area (Å²) in [6, 6.07) is 0.207. The molecule has 1 heterocycles. The van der Waals surface area contributed by atoms with Crippen LogP contribution in [0.5, 0.6) is 0 Å². The van der Waals surface area contributed by atoms with E-state index in [1.807, 2.05) is 0 Å². The van der Waals surface area contributed by atoms with Crippen LogP contribution in [0.1, 0.15) is 48.7 Å². The first-order valence-corrected chi connectivity index (χ1v) is 7.49. The van der Waals surface area contributed by atoms with E-state index in [0.717, 1.165) is 37.2 Å². The Balaban J connectivity index is 1.91. The highest BCUT2D eigenvalue weighted by molar-refractivity contribution is 7.10. The summed E-state index contributed by atoms with van der Waals surface area (Å²) in [7, 11) is 0. The monoisotopic (exact) mass is 297 g/mol. The molecule has 110 valence electrons. The average molecular weight is 297 g/mol. The second kappa shape index (κ2) is 6.21. The van der Waals surface area contributed by atoms with Gasteiger partial charge in [-0.3, -0.25) is 4.79 Å². The molecule has 0 bridgehead atoms. The van der Waals surface area contributed by atoms with E-state index >= 15 is 0 Å². The molecule has 20 heavy (non-hydrogen) atoms. The molecule has 2 rings (SSSR count). The summed E-state index contributed by atoms with van der Waals surface area (Å²) < 4.78 is 9.15. The van der Waals surface area contributed by atoms with Gasteiger partial charge in [0.15, 0.2) is 6.10 Å². The van der Waals surface area contributed by atoms with Gasteiger partial charge in [0.2, 0.25) is 0 Å². The van der Waals surface area contributed by atoms with Crippen LogP contribution in [0.4, 0.5) is 5.00 Å². The van der Waals surface area contributed by atoms with Gasteiger partial charge in [-0.1, -0.05) is 12.8 Å². The molecule has 1 fully saturated rings. The maximum absolute atomic E-state index is 12.0. The number of nitrogens with two attached hydrogens (primary N) is 1. The molecule has 1 aromatic rings. The van der Waals surface area contributed by atoms with Crippen LogP contribution in [0, 0.1) is 6.92 Å². The molecule has 1 aliphatic rings. The van der Waals surface area contributed by atoms with Crippen molar-refractivity contribution in [2.24, 2.45) is 0 Å². The summed E-state index contributed by atoms with van der Waals surface area (Å²) in [5.41, 5.74) is 6.47. The third-order valence-electron chi connectivity index (χ3n) is 3.45. The number of hydrogen-bond donors (Lipinski definition) is 2. The van der Waals surface area contributed by atoms with Gasteiger partial charge in [0, 0.05) is 6.04 Å². The van der Waals surface area contributed by atoms with Crippen molar-refractivity contribution >= 4 is 28.4 Å². The molecule has 1 aliphatic carbocycles. The highest BCUT2D eigenvalue weighted by atomic mass is 32.1. The maximum Gasteiger partial charge on any atom is 0.343 e. The Hall–Kier alpha value is -1.63. The predicted molar refractivity (Wildman–Crippen MR) is 76.5 cm³/mol. The van der Waals surface area contributed by atoms with Crippen molar-refractivity contribution in [1.29, 1.82) is 0 Å². The first kappa shape index (κ1) is 14.8. The number of ether oxygens (including phenoxy) is 1. The number of nitrogen functional groups attached to an aromatic ring is 1. The number of nitrogens with one attached hydrogen (secondary N) is 1. The van der Waals surface area contributed by atoms with Crippen LogP contribution < -0.4 is 11.1 Å². The molecular weight excluding hydrogens is 278 g/mol. The Labute approximate surface area is 121 Å². The van der Waals surface area contributed by atoms with Crippen molar-refractivity contribution in [3.63, 3.8) is 0 Å². The third-order valence-corrected chi connectivity index (χ3v) is 4.21. The van der Waals surface area contributed by atoms with E-state index in [9.17, 15) is 9.59 Å². The number of nitrogens with zero attached hydrogens (tertiary/aromatic N) is 1. The van der Waals surface area contributed by atoms with E-state index in [1.54, 1.807) is 13.8 Å². The van der Waals surface area contributed by atoms with Gasteiger partial charge in [-0.25, -0.2) is 4.79 Å². The number of aromatic nitrogens is 1. The molecule has 1 aromatic heterocycles. The van der Waals surface area contributed by atoms with Crippen LogP contribution in [0.25, 0.3) is 0 Å². The van der Waals surface area contributed by atoms with Crippen LogP contribution in [0.3, 0.4) is 0 Å². The quantitative estimate of drug-likeness (QED) is 0.824. The van der Waals surface area contributed by atoms with Crippen molar-refractivity contribution < 1.29 is 14.3 Å². The Morgan fingerprint density at radius 2 is 2.10 bits per heavy atom. The number of carbonyl (C=O) groups excluding carboxylic acids is 2. The first-order valence-electron chi connectivity index (χ1n) is 6.72. The molecule has 0 saturated heterocycles. The average Bonchev–Trinajstić information content (AvgIpc) is 2.99.